The monoisotopic (exact) mass is 646 g/mol. The van der Waals surface area contributed by atoms with Gasteiger partial charge in [0.25, 0.3) is 10.1 Å². The Balaban J connectivity index is 0.00000361. The van der Waals surface area contributed by atoms with Gasteiger partial charge in [-0.3, -0.25) is 9.35 Å². The molecule has 0 amide bonds. The van der Waals surface area contributed by atoms with Crippen LogP contribution in [0.4, 0.5) is 0 Å². The molecular formula is C10H10I3NaO5S. The first-order valence-corrected chi connectivity index (χ1v) is 9.81. The molecular weight excluding hydrogens is 636 g/mol. The molecule has 0 aromatic heterocycles. The van der Waals surface area contributed by atoms with Crippen LogP contribution in [0.15, 0.2) is 6.07 Å². The van der Waals surface area contributed by atoms with Crippen molar-refractivity contribution >= 4 is 114 Å². The molecule has 0 radical (unpaired) electrons. The molecule has 0 unspecified atom stereocenters. The fraction of sp³-hybridized carbons (Fsp3) is 0.300. The van der Waals surface area contributed by atoms with E-state index in [1.165, 1.54) is 0 Å². The summed E-state index contributed by atoms with van der Waals surface area (Å²) in [6, 6.07) is 1.82. The Hall–Kier alpha value is 1.79. The first-order chi connectivity index (χ1) is 8.76. The van der Waals surface area contributed by atoms with Crippen LogP contribution in [0, 0.1) is 10.7 Å². The first-order valence-electron chi connectivity index (χ1n) is 4.97. The van der Waals surface area contributed by atoms with Crippen molar-refractivity contribution < 1.29 is 22.5 Å². The second-order valence-corrected chi connectivity index (χ2v) is 8.48. The van der Waals surface area contributed by atoms with Crippen LogP contribution in [0.3, 0.4) is 0 Å². The predicted molar refractivity (Wildman–Crippen MR) is 104 cm³/mol. The van der Waals surface area contributed by atoms with Gasteiger partial charge >= 0.3 is 29.6 Å². The number of halogens is 3. The van der Waals surface area contributed by atoms with Crippen molar-refractivity contribution in [3.05, 3.63) is 22.3 Å². The van der Waals surface area contributed by atoms with Gasteiger partial charge < -0.3 is 4.74 Å². The van der Waals surface area contributed by atoms with Gasteiger partial charge in [0.15, 0.2) is 6.29 Å². The number of ether oxygens (including phenoxy) is 1. The second-order valence-electron chi connectivity index (χ2n) is 3.50. The molecule has 0 aliphatic heterocycles. The molecule has 0 spiro atoms. The summed E-state index contributed by atoms with van der Waals surface area (Å²) in [5, 5.41) is 0. The standard InChI is InChI=1S/C10H9I3O5S.Na.H/c11-7-4-8(12)10(9(13)6(7)5-14)18-2-1-3-19(15,16)17;;/h4-5H,1-3H2,(H,15,16,17);;. The van der Waals surface area contributed by atoms with Gasteiger partial charge in [0.1, 0.15) is 5.75 Å². The molecule has 0 aliphatic rings. The fourth-order valence-corrected chi connectivity index (χ4v) is 5.66. The van der Waals surface area contributed by atoms with E-state index < -0.39 is 10.1 Å². The number of rotatable bonds is 6. The predicted octanol–water partition coefficient (Wildman–Crippen LogP) is 2.32. The molecule has 1 N–H and O–H groups in total. The second kappa shape index (κ2) is 9.82. The van der Waals surface area contributed by atoms with E-state index in [0.717, 1.165) is 13.4 Å². The van der Waals surface area contributed by atoms with Gasteiger partial charge in [-0.05, 0) is 80.3 Å². The summed E-state index contributed by atoms with van der Waals surface area (Å²) in [6.45, 7) is 0.157. The number of hydrogen-bond donors (Lipinski definition) is 1. The molecule has 0 saturated heterocycles. The van der Waals surface area contributed by atoms with Crippen LogP contribution in [0.1, 0.15) is 16.8 Å². The number of carbonyl (C=O) groups excluding carboxylic acids is 1. The normalized spacial score (nSPS) is 10.8. The topological polar surface area (TPSA) is 80.7 Å². The Morgan fingerprint density at radius 2 is 1.85 bits per heavy atom. The third kappa shape index (κ3) is 6.91. The van der Waals surface area contributed by atoms with Crippen LogP contribution < -0.4 is 4.74 Å². The molecule has 0 heterocycles. The third-order valence-corrected chi connectivity index (χ3v) is 5.64. The van der Waals surface area contributed by atoms with Gasteiger partial charge in [-0.25, -0.2) is 0 Å². The van der Waals surface area contributed by atoms with Gasteiger partial charge in [0.2, 0.25) is 0 Å². The van der Waals surface area contributed by atoms with Crippen molar-refractivity contribution in [1.29, 1.82) is 0 Å². The Kier molecular flexibility index (Phi) is 10.7. The quantitative estimate of drug-likeness (QED) is 0.169. The summed E-state index contributed by atoms with van der Waals surface area (Å²) < 4.78 is 37.7. The van der Waals surface area contributed by atoms with E-state index in [0.29, 0.717) is 14.9 Å². The number of hydrogen-bond acceptors (Lipinski definition) is 4. The van der Waals surface area contributed by atoms with E-state index in [1.54, 1.807) is 0 Å². The van der Waals surface area contributed by atoms with Crippen molar-refractivity contribution in [1.82, 2.24) is 0 Å². The fourth-order valence-electron chi connectivity index (χ4n) is 1.24. The van der Waals surface area contributed by atoms with Gasteiger partial charge in [0.05, 0.1) is 19.5 Å². The maximum atomic E-state index is 11.0. The van der Waals surface area contributed by atoms with Gasteiger partial charge in [-0.15, -0.1) is 0 Å². The summed E-state index contributed by atoms with van der Waals surface area (Å²) in [5.41, 5.74) is 0.561. The van der Waals surface area contributed by atoms with Crippen molar-refractivity contribution in [2.45, 2.75) is 6.42 Å². The molecule has 1 rings (SSSR count). The van der Waals surface area contributed by atoms with E-state index in [4.69, 9.17) is 9.29 Å². The van der Waals surface area contributed by atoms with E-state index in [1.807, 2.05) is 28.7 Å². The SMILES string of the molecule is O=Cc1c(I)cc(I)c(OCCCS(=O)(=O)O)c1I.[NaH]. The van der Waals surface area contributed by atoms with Crippen LogP contribution in [-0.4, -0.2) is 61.2 Å². The Morgan fingerprint density at radius 1 is 1.25 bits per heavy atom. The van der Waals surface area contributed by atoms with E-state index in [-0.39, 0.29) is 48.3 Å². The van der Waals surface area contributed by atoms with Crippen molar-refractivity contribution in [2.75, 3.05) is 12.4 Å². The van der Waals surface area contributed by atoms with Crippen LogP contribution in [0.25, 0.3) is 0 Å². The zero-order valence-electron chi connectivity index (χ0n) is 9.40. The molecule has 20 heavy (non-hydrogen) atoms. The molecule has 1 aromatic rings. The van der Waals surface area contributed by atoms with Crippen molar-refractivity contribution in [2.24, 2.45) is 0 Å². The molecule has 0 bridgehead atoms. The summed E-state index contributed by atoms with van der Waals surface area (Å²) in [6.07, 6.45) is 0.956. The zero-order valence-corrected chi connectivity index (χ0v) is 16.7. The van der Waals surface area contributed by atoms with Crippen molar-refractivity contribution in [3.8, 4) is 5.75 Å². The summed E-state index contributed by atoms with van der Waals surface area (Å²) in [5.74, 6) is 0.226. The van der Waals surface area contributed by atoms with Gasteiger partial charge in [-0.1, -0.05) is 0 Å². The van der Waals surface area contributed by atoms with E-state index in [9.17, 15) is 13.2 Å². The molecule has 5 nitrogen and oxygen atoms in total. The van der Waals surface area contributed by atoms with Crippen LogP contribution >= 0.6 is 67.8 Å². The number of aldehydes is 1. The number of carbonyl (C=O) groups is 1. The molecule has 0 aliphatic carbocycles. The van der Waals surface area contributed by atoms with E-state index >= 15 is 0 Å². The van der Waals surface area contributed by atoms with Crippen LogP contribution in [-0.2, 0) is 10.1 Å². The minimum absolute atomic E-state index is 0. The average molecular weight is 646 g/mol. The summed E-state index contributed by atoms with van der Waals surface area (Å²) >= 11 is 6.20. The first kappa shape index (κ1) is 21.8. The zero-order chi connectivity index (χ0) is 14.6. The molecule has 0 atom stereocenters. The maximum absolute atomic E-state index is 11.0. The Morgan fingerprint density at radius 3 is 2.35 bits per heavy atom. The molecule has 1 aromatic carbocycles. The van der Waals surface area contributed by atoms with Crippen molar-refractivity contribution in [3.63, 3.8) is 0 Å². The summed E-state index contributed by atoms with van der Waals surface area (Å²) in [4.78, 5) is 11.0. The molecule has 108 valence electrons. The Labute approximate surface area is 180 Å². The third-order valence-electron chi connectivity index (χ3n) is 2.07. The average Bonchev–Trinajstić information content (AvgIpc) is 2.26. The molecule has 0 fully saturated rings. The molecule has 0 saturated carbocycles. The molecule has 10 heteroatoms. The summed E-state index contributed by atoms with van der Waals surface area (Å²) in [7, 11) is -3.96. The Bertz CT molecular complexity index is 591. The van der Waals surface area contributed by atoms with Gasteiger partial charge in [-0.2, -0.15) is 8.42 Å². The van der Waals surface area contributed by atoms with Crippen LogP contribution in [0.5, 0.6) is 5.75 Å². The minimum atomic E-state index is -3.96. The van der Waals surface area contributed by atoms with Gasteiger partial charge in [0, 0.05) is 9.13 Å². The van der Waals surface area contributed by atoms with Crippen LogP contribution in [0.2, 0.25) is 0 Å². The number of benzene rings is 1. The van der Waals surface area contributed by atoms with E-state index in [2.05, 4.69) is 45.2 Å².